The first-order valence-electron chi connectivity index (χ1n) is 20.5. The van der Waals surface area contributed by atoms with Gasteiger partial charge in [0, 0.05) is 17.9 Å². The number of alkyl halides is 4. The zero-order chi connectivity index (χ0) is 49.6. The number of hydrogen-bond acceptors (Lipinski definition) is 8. The van der Waals surface area contributed by atoms with Gasteiger partial charge in [-0.2, -0.15) is 8.78 Å². The highest BCUT2D eigenvalue weighted by atomic mass is 35.5. The number of aryl methyl sites for hydroxylation is 1. The SMILES string of the molecule is CC(Oc1ccc(NC(=O)NC(=O)c2ccccc2Cl)cc1)c1ccccc1.CCCNC(=O)Oc1cccc(C)c1.O=C(NC(=O)c1ccccc1Cl)Nc1ccc(OC(F)(F)C(Cl)Cl)cc1. The molecule has 5 N–H and O–H groups in total. The van der Waals surface area contributed by atoms with E-state index in [4.69, 9.17) is 55.9 Å². The molecule has 0 saturated carbocycles. The van der Waals surface area contributed by atoms with Crippen LogP contribution in [0.25, 0.3) is 0 Å². The summed E-state index contributed by atoms with van der Waals surface area (Å²) in [5.41, 5.74) is 3.28. The second-order valence-corrected chi connectivity index (χ2v) is 16.0. The molecular formula is C49H45Cl4F2N5O8. The quantitative estimate of drug-likeness (QED) is 0.0711. The number of anilines is 2. The minimum Gasteiger partial charge on any atom is -0.486 e. The van der Waals surface area contributed by atoms with Gasteiger partial charge in [-0.1, -0.05) is 120 Å². The summed E-state index contributed by atoms with van der Waals surface area (Å²) in [7, 11) is 0. The lowest BCUT2D eigenvalue weighted by Crippen LogP contribution is -2.34. The molecule has 13 nitrogen and oxygen atoms in total. The second-order valence-electron chi connectivity index (χ2n) is 14.1. The van der Waals surface area contributed by atoms with E-state index < -0.39 is 40.9 Å². The highest BCUT2D eigenvalue weighted by Crippen LogP contribution is 2.31. The molecular weight excluding hydrogens is 966 g/mol. The van der Waals surface area contributed by atoms with Crippen LogP contribution in [-0.2, 0) is 0 Å². The Bertz CT molecular complexity index is 2610. The Morgan fingerprint density at radius 1 is 0.618 bits per heavy atom. The lowest BCUT2D eigenvalue weighted by Gasteiger charge is -2.18. The fourth-order valence-corrected chi connectivity index (χ4v) is 5.96. The summed E-state index contributed by atoms with van der Waals surface area (Å²) < 4.78 is 41.8. The van der Waals surface area contributed by atoms with Crippen molar-refractivity contribution in [1.29, 1.82) is 0 Å². The van der Waals surface area contributed by atoms with Gasteiger partial charge in [-0.15, -0.1) is 0 Å². The fourth-order valence-electron chi connectivity index (χ4n) is 5.43. The molecule has 0 bridgehead atoms. The van der Waals surface area contributed by atoms with Crippen LogP contribution in [0.4, 0.5) is 34.5 Å². The minimum atomic E-state index is -3.77. The Labute approximate surface area is 411 Å². The number of carbonyl (C=O) groups excluding carboxylic acids is 5. The van der Waals surface area contributed by atoms with E-state index >= 15 is 0 Å². The van der Waals surface area contributed by atoms with E-state index in [2.05, 4.69) is 31.3 Å². The van der Waals surface area contributed by atoms with Crippen LogP contribution in [0.2, 0.25) is 10.0 Å². The summed E-state index contributed by atoms with van der Waals surface area (Å²) >= 11 is 22.1. The van der Waals surface area contributed by atoms with E-state index in [0.717, 1.165) is 17.5 Å². The van der Waals surface area contributed by atoms with Gasteiger partial charge in [0.25, 0.3) is 11.8 Å². The summed E-state index contributed by atoms with van der Waals surface area (Å²) in [6.45, 7) is 6.56. The molecule has 0 spiro atoms. The Kier molecular flexibility index (Phi) is 21.4. The van der Waals surface area contributed by atoms with Gasteiger partial charge < -0.3 is 30.2 Å². The van der Waals surface area contributed by atoms with E-state index in [1.807, 2.05) is 69.3 Å². The van der Waals surface area contributed by atoms with Crippen LogP contribution >= 0.6 is 46.4 Å². The molecule has 68 heavy (non-hydrogen) atoms. The van der Waals surface area contributed by atoms with Gasteiger partial charge in [0.05, 0.1) is 21.2 Å². The van der Waals surface area contributed by atoms with Crippen LogP contribution in [-0.4, -0.2) is 47.5 Å². The fraction of sp³-hybridized carbons (Fsp3) is 0.163. The van der Waals surface area contributed by atoms with Crippen molar-refractivity contribution in [1.82, 2.24) is 16.0 Å². The molecule has 0 aliphatic carbocycles. The Hall–Kier alpha value is -6.91. The molecule has 19 heteroatoms. The normalized spacial score (nSPS) is 10.9. The maximum Gasteiger partial charge on any atom is 0.428 e. The largest absolute Gasteiger partial charge is 0.486 e. The lowest BCUT2D eigenvalue weighted by atomic mass is 10.1. The number of carbonyl (C=O) groups is 5. The number of benzene rings is 6. The third-order valence-corrected chi connectivity index (χ3v) is 9.89. The second kappa shape index (κ2) is 27.0. The first-order chi connectivity index (χ1) is 32.4. The standard InChI is InChI=1S/C22H19ClN2O3.C16H11Cl3F2N2O3.C11H15NO2/c1-15(16-7-3-2-4-8-16)28-18-13-11-17(12-14-18)24-22(27)25-21(26)19-9-5-6-10-20(19)23;17-12-4-2-1-3-11(12)13(24)23-15(25)22-9-5-7-10(8-6-9)26-16(20,21)14(18)19;1-3-7-12-11(13)14-10-6-4-5-9(2)8-10/h2-15H,1H3,(H2,24,25,26,27);1-8,14H,(H2,22,23,24,25);4-6,8H,3,7H2,1-2H3,(H,12,13). The molecule has 7 amide bonds. The number of halogens is 6. The van der Waals surface area contributed by atoms with Gasteiger partial charge in [0.1, 0.15) is 23.4 Å². The van der Waals surface area contributed by atoms with E-state index in [-0.39, 0.29) is 38.7 Å². The van der Waals surface area contributed by atoms with Crippen LogP contribution < -0.4 is 40.8 Å². The highest BCUT2D eigenvalue weighted by molar-refractivity contribution is 6.44. The van der Waals surface area contributed by atoms with Crippen LogP contribution in [0.15, 0.2) is 152 Å². The summed E-state index contributed by atoms with van der Waals surface area (Å²) in [6, 6.07) is 40.4. The third kappa shape index (κ3) is 18.4. The number of amides is 7. The van der Waals surface area contributed by atoms with Crippen molar-refractivity contribution in [2.45, 2.75) is 44.2 Å². The smallest absolute Gasteiger partial charge is 0.428 e. The van der Waals surface area contributed by atoms with Gasteiger partial charge in [0.15, 0.2) is 0 Å². The summed E-state index contributed by atoms with van der Waals surface area (Å²) in [6.07, 6.45) is -3.35. The van der Waals surface area contributed by atoms with Crippen LogP contribution in [0.1, 0.15) is 58.2 Å². The summed E-state index contributed by atoms with van der Waals surface area (Å²) in [5.74, 6) is -0.213. The maximum atomic E-state index is 13.3. The number of ether oxygens (including phenoxy) is 3. The zero-order valence-electron chi connectivity index (χ0n) is 36.5. The number of imide groups is 2. The molecule has 356 valence electrons. The van der Waals surface area contributed by atoms with Crippen LogP contribution in [0, 0.1) is 6.92 Å². The molecule has 6 aromatic carbocycles. The Morgan fingerprint density at radius 2 is 1.10 bits per heavy atom. The Balaban J connectivity index is 0.000000235. The molecule has 0 radical (unpaired) electrons. The maximum absolute atomic E-state index is 13.3. The van der Waals surface area contributed by atoms with Crippen molar-refractivity contribution < 1.29 is 47.0 Å². The van der Waals surface area contributed by atoms with Gasteiger partial charge >= 0.3 is 24.3 Å². The van der Waals surface area contributed by atoms with Crippen LogP contribution in [0.5, 0.6) is 17.2 Å². The molecule has 6 aromatic rings. The molecule has 1 unspecified atom stereocenters. The predicted octanol–water partition coefficient (Wildman–Crippen LogP) is 13.0. The van der Waals surface area contributed by atoms with Crippen molar-refractivity contribution in [2.24, 2.45) is 0 Å². The van der Waals surface area contributed by atoms with Gasteiger partial charge in [-0.05, 0) is 116 Å². The molecule has 0 fully saturated rings. The average molecular weight is 1010 g/mol. The molecule has 1 atom stereocenters. The number of urea groups is 2. The van der Waals surface area contributed by atoms with E-state index in [9.17, 15) is 32.8 Å². The Morgan fingerprint density at radius 3 is 1.57 bits per heavy atom. The molecule has 0 aromatic heterocycles. The van der Waals surface area contributed by atoms with Gasteiger partial charge in [-0.25, -0.2) is 14.4 Å². The van der Waals surface area contributed by atoms with Crippen molar-refractivity contribution in [3.63, 3.8) is 0 Å². The minimum absolute atomic E-state index is 0.100. The van der Waals surface area contributed by atoms with Crippen LogP contribution in [0.3, 0.4) is 0 Å². The first kappa shape index (κ1) is 53.7. The molecule has 0 aliphatic heterocycles. The van der Waals surface area contributed by atoms with Crippen molar-refractivity contribution in [3.05, 3.63) is 184 Å². The lowest BCUT2D eigenvalue weighted by molar-refractivity contribution is -0.163. The number of nitrogens with one attached hydrogen (secondary N) is 5. The molecule has 0 aliphatic rings. The van der Waals surface area contributed by atoms with Crippen molar-refractivity contribution >= 4 is 87.7 Å². The van der Waals surface area contributed by atoms with Crippen molar-refractivity contribution in [2.75, 3.05) is 17.2 Å². The third-order valence-electron chi connectivity index (χ3n) is 8.72. The monoisotopic (exact) mass is 1010 g/mol. The van der Waals surface area contributed by atoms with Crippen molar-refractivity contribution in [3.8, 4) is 17.2 Å². The summed E-state index contributed by atoms with van der Waals surface area (Å²) in [4.78, 5) is 57.0. The summed E-state index contributed by atoms with van der Waals surface area (Å²) in [5, 5.41) is 12.4. The first-order valence-corrected chi connectivity index (χ1v) is 22.1. The number of hydrogen-bond donors (Lipinski definition) is 5. The van der Waals surface area contributed by atoms with Gasteiger partial charge in [0.2, 0.25) is 4.84 Å². The molecule has 0 heterocycles. The topological polar surface area (TPSA) is 173 Å². The van der Waals surface area contributed by atoms with Gasteiger partial charge in [-0.3, -0.25) is 20.2 Å². The predicted molar refractivity (Wildman–Crippen MR) is 261 cm³/mol. The molecule has 0 saturated heterocycles. The van der Waals surface area contributed by atoms with E-state index in [1.165, 1.54) is 36.4 Å². The number of rotatable bonds is 13. The zero-order valence-corrected chi connectivity index (χ0v) is 39.6. The highest BCUT2D eigenvalue weighted by Gasteiger charge is 2.40. The van der Waals surface area contributed by atoms with E-state index in [0.29, 0.717) is 23.7 Å². The average Bonchev–Trinajstić information content (AvgIpc) is 3.30. The molecule has 6 rings (SSSR count). The van der Waals surface area contributed by atoms with E-state index in [1.54, 1.807) is 66.7 Å².